The second-order valence-electron chi connectivity index (χ2n) is 6.82. The van der Waals surface area contributed by atoms with Crippen molar-refractivity contribution in [3.63, 3.8) is 0 Å². The number of thiazole rings is 1. The van der Waals surface area contributed by atoms with Crippen LogP contribution >= 0.6 is 23.1 Å². The van der Waals surface area contributed by atoms with E-state index in [4.69, 9.17) is 0 Å². The van der Waals surface area contributed by atoms with Crippen LogP contribution in [0.5, 0.6) is 0 Å². The van der Waals surface area contributed by atoms with Crippen molar-refractivity contribution in [3.05, 3.63) is 71.3 Å². The number of thioether (sulfide) groups is 1. The van der Waals surface area contributed by atoms with E-state index in [1.54, 1.807) is 17.0 Å². The molecular weight excluding hydrogens is 421 g/mol. The van der Waals surface area contributed by atoms with Gasteiger partial charge in [0.1, 0.15) is 5.82 Å². The smallest absolute Gasteiger partial charge is 0.258 e. The van der Waals surface area contributed by atoms with Crippen LogP contribution in [-0.4, -0.2) is 34.4 Å². The van der Waals surface area contributed by atoms with Crippen LogP contribution in [0.1, 0.15) is 5.56 Å². The summed E-state index contributed by atoms with van der Waals surface area (Å²) in [5.74, 6) is -0.321. The molecule has 0 atom stereocenters. The monoisotopic (exact) mass is 441 g/mol. The van der Waals surface area contributed by atoms with Gasteiger partial charge < -0.3 is 9.47 Å². The van der Waals surface area contributed by atoms with Gasteiger partial charge in [0.25, 0.3) is 5.91 Å². The second kappa shape index (κ2) is 8.97. The number of carbonyl (C=O) groups is 2. The molecule has 0 saturated carbocycles. The van der Waals surface area contributed by atoms with Crippen molar-refractivity contribution in [2.45, 2.75) is 13.0 Å². The Balaban J connectivity index is 1.42. The third-order valence-corrected chi connectivity index (χ3v) is 6.76. The van der Waals surface area contributed by atoms with Gasteiger partial charge in [0, 0.05) is 18.8 Å². The quantitative estimate of drug-likeness (QED) is 0.547. The lowest BCUT2D eigenvalue weighted by molar-refractivity contribution is -0.116. The molecule has 0 fully saturated rings. The van der Waals surface area contributed by atoms with Crippen molar-refractivity contribution < 1.29 is 14.0 Å². The summed E-state index contributed by atoms with van der Waals surface area (Å²) in [5.41, 5.74) is 2.94. The van der Waals surface area contributed by atoms with Gasteiger partial charge in [-0.05, 0) is 36.2 Å². The van der Waals surface area contributed by atoms with Gasteiger partial charge in [-0.25, -0.2) is 4.39 Å². The molecule has 1 aromatic heterocycles. The lowest BCUT2D eigenvalue weighted by atomic mass is 10.2. The van der Waals surface area contributed by atoms with E-state index >= 15 is 0 Å². The minimum atomic E-state index is -0.329. The highest BCUT2D eigenvalue weighted by molar-refractivity contribution is 8.00. The summed E-state index contributed by atoms with van der Waals surface area (Å²) >= 11 is 2.52. The number of hydrogen-bond acceptors (Lipinski definition) is 4. The van der Waals surface area contributed by atoms with Gasteiger partial charge in [-0.3, -0.25) is 9.59 Å². The summed E-state index contributed by atoms with van der Waals surface area (Å²) in [5, 5.41) is 0. The molecule has 4 rings (SSSR count). The second-order valence-corrected chi connectivity index (χ2v) is 8.81. The Hall–Kier alpha value is -2.71. The van der Waals surface area contributed by atoms with Gasteiger partial charge in [-0.15, -0.1) is 18.3 Å². The minimum Gasteiger partial charge on any atom is -0.313 e. The highest BCUT2D eigenvalue weighted by Crippen LogP contribution is 2.28. The van der Waals surface area contributed by atoms with Crippen LogP contribution in [0.25, 0.3) is 10.2 Å². The standard InChI is InChI=1S/C22H20FN3O2S2/c1-2-10-26-18-8-7-16(23)12-19(18)30-22(26)24-20(27)13-29-14-21(28)25-11-9-15-5-3-4-6-17(15)25/h2-8,12H,1,9-11,13-14H2. The molecule has 0 aliphatic carbocycles. The number of allylic oxidation sites excluding steroid dienone is 1. The topological polar surface area (TPSA) is 54.7 Å². The summed E-state index contributed by atoms with van der Waals surface area (Å²) in [6.07, 6.45) is 2.57. The Morgan fingerprint density at radius 2 is 2.07 bits per heavy atom. The highest BCUT2D eigenvalue weighted by Gasteiger charge is 2.23. The number of halogens is 1. The molecule has 0 bridgehead atoms. The first kappa shape index (κ1) is 20.6. The molecule has 5 nitrogen and oxygen atoms in total. The van der Waals surface area contributed by atoms with Gasteiger partial charge in [-0.2, -0.15) is 4.99 Å². The summed E-state index contributed by atoms with van der Waals surface area (Å²) in [7, 11) is 0. The van der Waals surface area contributed by atoms with Gasteiger partial charge in [0.05, 0.1) is 21.7 Å². The minimum absolute atomic E-state index is 0.00295. The SMILES string of the molecule is C=CCn1c(=NC(=O)CSCC(=O)N2CCc3ccccc32)sc2cc(F)ccc21. The first-order chi connectivity index (χ1) is 14.6. The number of nitrogens with zero attached hydrogens (tertiary/aromatic N) is 3. The summed E-state index contributed by atoms with van der Waals surface area (Å²) in [6.45, 7) is 4.89. The molecule has 0 unspecified atom stereocenters. The molecule has 8 heteroatoms. The number of anilines is 1. The van der Waals surface area contributed by atoms with E-state index in [-0.39, 0.29) is 29.1 Å². The lowest BCUT2D eigenvalue weighted by Crippen LogP contribution is -2.30. The fraction of sp³-hybridized carbons (Fsp3) is 0.227. The van der Waals surface area contributed by atoms with Crippen LogP contribution in [0.3, 0.4) is 0 Å². The summed E-state index contributed by atoms with van der Waals surface area (Å²) in [4.78, 5) is 31.4. The molecule has 1 aliphatic heterocycles. The molecule has 2 amide bonds. The van der Waals surface area contributed by atoms with E-state index in [0.29, 0.717) is 17.9 Å². The Bertz CT molecular complexity index is 1200. The predicted molar refractivity (Wildman–Crippen MR) is 120 cm³/mol. The molecule has 0 spiro atoms. The zero-order chi connectivity index (χ0) is 21.1. The molecular formula is C22H20FN3O2S2. The maximum absolute atomic E-state index is 13.5. The van der Waals surface area contributed by atoms with Crippen molar-refractivity contribution in [2.24, 2.45) is 4.99 Å². The molecule has 1 aliphatic rings. The molecule has 30 heavy (non-hydrogen) atoms. The van der Waals surface area contributed by atoms with E-state index in [0.717, 1.165) is 22.3 Å². The molecule has 0 radical (unpaired) electrons. The Labute approximate surface area is 181 Å². The fourth-order valence-electron chi connectivity index (χ4n) is 3.48. The van der Waals surface area contributed by atoms with Crippen LogP contribution < -0.4 is 9.70 Å². The van der Waals surface area contributed by atoms with Crippen molar-refractivity contribution in [1.82, 2.24) is 4.57 Å². The first-order valence-electron chi connectivity index (χ1n) is 9.50. The van der Waals surface area contributed by atoms with Crippen LogP contribution in [-0.2, 0) is 22.6 Å². The number of benzene rings is 2. The number of amides is 2. The average molecular weight is 442 g/mol. The number of carbonyl (C=O) groups excluding carboxylic acids is 2. The first-order valence-corrected chi connectivity index (χ1v) is 11.5. The van der Waals surface area contributed by atoms with Crippen molar-refractivity contribution in [3.8, 4) is 0 Å². The third-order valence-electron chi connectivity index (χ3n) is 4.82. The average Bonchev–Trinajstić information content (AvgIpc) is 3.29. The third kappa shape index (κ3) is 4.24. The van der Waals surface area contributed by atoms with Gasteiger partial charge >= 0.3 is 0 Å². The van der Waals surface area contributed by atoms with Crippen molar-refractivity contribution >= 4 is 50.8 Å². The molecule has 2 heterocycles. The Kier molecular flexibility index (Phi) is 6.15. The Morgan fingerprint density at radius 1 is 1.23 bits per heavy atom. The zero-order valence-corrected chi connectivity index (χ0v) is 17.8. The van der Waals surface area contributed by atoms with Gasteiger partial charge in [0.2, 0.25) is 5.91 Å². The van der Waals surface area contributed by atoms with E-state index in [1.807, 2.05) is 28.8 Å². The van der Waals surface area contributed by atoms with Crippen LogP contribution in [0.2, 0.25) is 0 Å². The fourth-order valence-corrected chi connectivity index (χ4v) is 5.23. The largest absolute Gasteiger partial charge is 0.313 e. The van der Waals surface area contributed by atoms with Gasteiger partial charge in [-0.1, -0.05) is 35.6 Å². The summed E-state index contributed by atoms with van der Waals surface area (Å²) < 4.78 is 16.1. The number of rotatable bonds is 6. The molecule has 0 saturated heterocycles. The molecule has 0 N–H and O–H groups in total. The molecule has 3 aromatic rings. The van der Waals surface area contributed by atoms with E-state index in [2.05, 4.69) is 11.6 Å². The van der Waals surface area contributed by atoms with Gasteiger partial charge in [0.15, 0.2) is 4.80 Å². The Morgan fingerprint density at radius 3 is 2.90 bits per heavy atom. The number of hydrogen-bond donors (Lipinski definition) is 0. The van der Waals surface area contributed by atoms with E-state index in [9.17, 15) is 14.0 Å². The van der Waals surface area contributed by atoms with E-state index in [1.165, 1.54) is 40.8 Å². The zero-order valence-electron chi connectivity index (χ0n) is 16.2. The van der Waals surface area contributed by atoms with Crippen LogP contribution in [0, 0.1) is 5.82 Å². The summed E-state index contributed by atoms with van der Waals surface area (Å²) in [6, 6.07) is 12.4. The lowest BCUT2D eigenvalue weighted by Gasteiger charge is -2.16. The highest BCUT2D eigenvalue weighted by atomic mass is 32.2. The predicted octanol–water partition coefficient (Wildman–Crippen LogP) is 3.78. The number of para-hydroxylation sites is 1. The van der Waals surface area contributed by atoms with Crippen LogP contribution in [0.4, 0.5) is 10.1 Å². The normalized spacial score (nSPS) is 13.6. The molecule has 154 valence electrons. The van der Waals surface area contributed by atoms with Crippen LogP contribution in [0.15, 0.2) is 60.1 Å². The van der Waals surface area contributed by atoms with E-state index < -0.39 is 0 Å². The number of aromatic nitrogens is 1. The molecule has 2 aromatic carbocycles. The van der Waals surface area contributed by atoms with Crippen molar-refractivity contribution in [1.29, 1.82) is 0 Å². The maximum Gasteiger partial charge on any atom is 0.258 e. The van der Waals surface area contributed by atoms with Crippen molar-refractivity contribution in [2.75, 3.05) is 23.0 Å². The maximum atomic E-state index is 13.5. The number of fused-ring (bicyclic) bond motifs is 2.